The minimum atomic E-state index is 0.644. The summed E-state index contributed by atoms with van der Waals surface area (Å²) in [6.07, 6.45) is 2.44. The molecule has 0 amide bonds. The number of thioether (sulfide) groups is 1. The summed E-state index contributed by atoms with van der Waals surface area (Å²) in [6.45, 7) is 0. The number of rotatable bonds is 6. The summed E-state index contributed by atoms with van der Waals surface area (Å²) in [4.78, 5) is 8.80. The second kappa shape index (κ2) is 7.09. The first-order chi connectivity index (χ1) is 10.8. The Bertz CT molecular complexity index is 730. The Morgan fingerprint density at radius 3 is 2.82 bits per heavy atom. The maximum absolute atomic E-state index is 5.35. The van der Waals surface area contributed by atoms with Gasteiger partial charge in [-0.15, -0.1) is 0 Å². The van der Waals surface area contributed by atoms with E-state index in [0.717, 1.165) is 33.7 Å². The molecule has 0 saturated heterocycles. The topological polar surface area (TPSA) is 63.7 Å². The molecule has 0 aliphatic carbocycles. The Morgan fingerprint density at radius 2 is 2.00 bits per heavy atom. The number of ether oxygens (including phenoxy) is 1. The van der Waals surface area contributed by atoms with Crippen LogP contribution in [0.2, 0.25) is 0 Å². The van der Waals surface area contributed by atoms with Crippen LogP contribution in [-0.4, -0.2) is 27.3 Å². The fourth-order valence-corrected chi connectivity index (χ4v) is 2.80. The summed E-state index contributed by atoms with van der Waals surface area (Å²) in [7, 11) is 1.67. The fourth-order valence-electron chi connectivity index (χ4n) is 2.07. The highest BCUT2D eigenvalue weighted by Crippen LogP contribution is 2.21. The van der Waals surface area contributed by atoms with Crippen molar-refractivity contribution in [2.24, 2.45) is 0 Å². The molecule has 6 heteroatoms. The van der Waals surface area contributed by atoms with Crippen molar-refractivity contribution in [3.8, 4) is 5.75 Å². The smallest absolute Gasteiger partial charge is 0.184 e. The number of nitrogens with one attached hydrogen (secondary N) is 1. The van der Waals surface area contributed by atoms with Gasteiger partial charge >= 0.3 is 0 Å². The first kappa shape index (κ1) is 14.6. The normalized spacial score (nSPS) is 10.6. The number of aromatic amines is 1. The van der Waals surface area contributed by atoms with Gasteiger partial charge in [-0.25, -0.2) is 4.98 Å². The molecule has 1 aromatic carbocycles. The third-order valence-corrected chi connectivity index (χ3v) is 4.03. The third kappa shape index (κ3) is 3.65. The summed E-state index contributed by atoms with van der Waals surface area (Å²) in [6, 6.07) is 13.8. The molecule has 3 aromatic rings. The van der Waals surface area contributed by atoms with Gasteiger partial charge in [0.2, 0.25) is 0 Å². The van der Waals surface area contributed by atoms with E-state index in [2.05, 4.69) is 20.2 Å². The van der Waals surface area contributed by atoms with E-state index < -0.39 is 0 Å². The van der Waals surface area contributed by atoms with Crippen LogP contribution in [0.3, 0.4) is 0 Å². The zero-order chi connectivity index (χ0) is 15.2. The average Bonchev–Trinajstić information content (AvgIpc) is 3.02. The second-order valence-electron chi connectivity index (χ2n) is 4.66. The number of pyridine rings is 1. The monoisotopic (exact) mass is 312 g/mol. The molecule has 0 bridgehead atoms. The molecule has 2 heterocycles. The van der Waals surface area contributed by atoms with E-state index in [1.165, 1.54) is 0 Å². The molecule has 5 nitrogen and oxygen atoms in total. The highest BCUT2D eigenvalue weighted by molar-refractivity contribution is 7.98. The van der Waals surface area contributed by atoms with Gasteiger partial charge in [-0.05, 0) is 18.2 Å². The molecular weight excluding hydrogens is 296 g/mol. The van der Waals surface area contributed by atoms with Gasteiger partial charge in [0, 0.05) is 23.9 Å². The Balaban J connectivity index is 1.64. The number of hydrogen-bond donors (Lipinski definition) is 1. The molecular formula is C16H16N4OS. The number of hydrogen-bond acceptors (Lipinski definition) is 5. The molecule has 0 unspecified atom stereocenters. The zero-order valence-corrected chi connectivity index (χ0v) is 13.0. The van der Waals surface area contributed by atoms with Crippen LogP contribution in [0.5, 0.6) is 5.75 Å². The summed E-state index contributed by atoms with van der Waals surface area (Å²) in [5.41, 5.74) is 2.10. The number of para-hydroxylation sites is 1. The Hall–Kier alpha value is -2.34. The van der Waals surface area contributed by atoms with Gasteiger partial charge in [-0.1, -0.05) is 36.0 Å². The summed E-state index contributed by atoms with van der Waals surface area (Å²) >= 11 is 1.59. The first-order valence-corrected chi connectivity index (χ1v) is 7.89. The Morgan fingerprint density at radius 1 is 1.14 bits per heavy atom. The molecule has 2 aromatic heterocycles. The number of H-pyrrole nitrogens is 1. The van der Waals surface area contributed by atoms with Gasteiger partial charge in [-0.3, -0.25) is 10.1 Å². The molecule has 1 N–H and O–H groups in total. The minimum Gasteiger partial charge on any atom is -0.496 e. The van der Waals surface area contributed by atoms with E-state index in [1.54, 1.807) is 25.1 Å². The van der Waals surface area contributed by atoms with E-state index in [0.29, 0.717) is 6.42 Å². The predicted molar refractivity (Wildman–Crippen MR) is 86.0 cm³/mol. The van der Waals surface area contributed by atoms with Crippen molar-refractivity contribution >= 4 is 11.8 Å². The van der Waals surface area contributed by atoms with E-state index >= 15 is 0 Å². The lowest BCUT2D eigenvalue weighted by atomic mass is 10.1. The van der Waals surface area contributed by atoms with Gasteiger partial charge in [0.25, 0.3) is 0 Å². The summed E-state index contributed by atoms with van der Waals surface area (Å²) in [5.74, 6) is 2.38. The van der Waals surface area contributed by atoms with Crippen LogP contribution >= 0.6 is 11.8 Å². The largest absolute Gasteiger partial charge is 0.496 e. The molecule has 112 valence electrons. The third-order valence-electron chi connectivity index (χ3n) is 3.14. The van der Waals surface area contributed by atoms with Crippen molar-refractivity contribution < 1.29 is 4.74 Å². The van der Waals surface area contributed by atoms with E-state index in [9.17, 15) is 0 Å². The predicted octanol–water partition coefficient (Wildman–Crippen LogP) is 3.09. The molecule has 3 rings (SSSR count). The van der Waals surface area contributed by atoms with Crippen LogP contribution in [0.25, 0.3) is 0 Å². The van der Waals surface area contributed by atoms with Gasteiger partial charge in [0.15, 0.2) is 11.0 Å². The van der Waals surface area contributed by atoms with Crippen molar-refractivity contribution in [1.82, 2.24) is 20.2 Å². The second-order valence-corrected chi connectivity index (χ2v) is 5.62. The van der Waals surface area contributed by atoms with Gasteiger partial charge in [-0.2, -0.15) is 5.10 Å². The molecule has 0 spiro atoms. The van der Waals surface area contributed by atoms with Crippen LogP contribution in [-0.2, 0) is 12.2 Å². The van der Waals surface area contributed by atoms with Crippen LogP contribution in [0.15, 0.2) is 53.8 Å². The van der Waals surface area contributed by atoms with Crippen molar-refractivity contribution in [2.45, 2.75) is 17.3 Å². The molecule has 0 aliphatic rings. The average molecular weight is 312 g/mol. The van der Waals surface area contributed by atoms with Crippen molar-refractivity contribution in [1.29, 1.82) is 0 Å². The molecule has 0 aliphatic heterocycles. The lowest BCUT2D eigenvalue weighted by Crippen LogP contribution is -1.95. The van der Waals surface area contributed by atoms with E-state index in [-0.39, 0.29) is 0 Å². The number of nitrogens with zero attached hydrogens (tertiary/aromatic N) is 3. The highest BCUT2D eigenvalue weighted by Gasteiger charge is 2.08. The van der Waals surface area contributed by atoms with Gasteiger partial charge < -0.3 is 4.74 Å². The maximum Gasteiger partial charge on any atom is 0.184 e. The molecule has 0 fully saturated rings. The number of benzene rings is 1. The van der Waals surface area contributed by atoms with Crippen molar-refractivity contribution in [2.75, 3.05) is 7.11 Å². The standard InChI is InChI=1S/C16H16N4OS/c1-21-14-8-3-2-6-12(14)10-15-18-16(20-19-15)22-11-13-7-4-5-9-17-13/h2-9H,10-11H2,1H3,(H,18,19,20). The van der Waals surface area contributed by atoms with Crippen LogP contribution in [0.4, 0.5) is 0 Å². The van der Waals surface area contributed by atoms with E-state index in [1.807, 2.05) is 42.5 Å². The molecule has 22 heavy (non-hydrogen) atoms. The quantitative estimate of drug-likeness (QED) is 0.709. The van der Waals surface area contributed by atoms with Crippen molar-refractivity contribution in [3.63, 3.8) is 0 Å². The lowest BCUT2D eigenvalue weighted by Gasteiger charge is -2.05. The minimum absolute atomic E-state index is 0.644. The number of aromatic nitrogens is 4. The van der Waals surface area contributed by atoms with Crippen LogP contribution in [0.1, 0.15) is 17.1 Å². The summed E-state index contributed by atoms with van der Waals surface area (Å²) in [5, 5.41) is 8.03. The Kier molecular flexibility index (Phi) is 4.70. The fraction of sp³-hybridized carbons (Fsp3) is 0.188. The zero-order valence-electron chi connectivity index (χ0n) is 12.2. The SMILES string of the molecule is COc1ccccc1Cc1n[nH]c(SCc2ccccn2)n1. The summed E-state index contributed by atoms with van der Waals surface area (Å²) < 4.78 is 5.35. The van der Waals surface area contributed by atoms with Gasteiger partial charge in [0.1, 0.15) is 5.75 Å². The number of methoxy groups -OCH3 is 1. The first-order valence-electron chi connectivity index (χ1n) is 6.91. The Labute approximate surface area is 133 Å². The molecule has 0 saturated carbocycles. The lowest BCUT2D eigenvalue weighted by molar-refractivity contribution is 0.410. The van der Waals surface area contributed by atoms with E-state index in [4.69, 9.17) is 4.74 Å². The van der Waals surface area contributed by atoms with Gasteiger partial charge in [0.05, 0.1) is 12.8 Å². The van der Waals surface area contributed by atoms with Crippen LogP contribution in [0, 0.1) is 0 Å². The van der Waals surface area contributed by atoms with Crippen molar-refractivity contribution in [3.05, 3.63) is 65.7 Å². The van der Waals surface area contributed by atoms with Crippen LogP contribution < -0.4 is 4.74 Å². The highest BCUT2D eigenvalue weighted by atomic mass is 32.2. The molecule has 0 radical (unpaired) electrons. The maximum atomic E-state index is 5.35. The molecule has 0 atom stereocenters.